The number of rotatable bonds is 5. The first kappa shape index (κ1) is 19.0. The van der Waals surface area contributed by atoms with Crippen LogP contribution in [0.5, 0.6) is 0 Å². The van der Waals surface area contributed by atoms with Gasteiger partial charge in [-0.3, -0.25) is 4.99 Å². The van der Waals surface area contributed by atoms with Gasteiger partial charge in [-0.1, -0.05) is 30.3 Å². The molecule has 6 nitrogen and oxygen atoms in total. The highest BCUT2D eigenvalue weighted by atomic mass is 15.4. The number of hydrogen-bond donors (Lipinski definition) is 2. The van der Waals surface area contributed by atoms with Gasteiger partial charge in [0.1, 0.15) is 12.2 Å². The van der Waals surface area contributed by atoms with Crippen LogP contribution in [0, 0.1) is 5.92 Å². The molecule has 0 amide bonds. The molecule has 0 bridgehead atoms. The van der Waals surface area contributed by atoms with Crippen molar-refractivity contribution in [3.63, 3.8) is 0 Å². The van der Waals surface area contributed by atoms with Gasteiger partial charge in [-0.15, -0.1) is 0 Å². The van der Waals surface area contributed by atoms with Crippen LogP contribution in [0.1, 0.15) is 56.3 Å². The average Bonchev–Trinajstić information content (AvgIpc) is 3.21. The summed E-state index contributed by atoms with van der Waals surface area (Å²) in [5, 5.41) is 11.3. The zero-order valence-corrected chi connectivity index (χ0v) is 16.8. The Balaban J connectivity index is 1.28. The van der Waals surface area contributed by atoms with Crippen molar-refractivity contribution < 1.29 is 0 Å². The van der Waals surface area contributed by atoms with Crippen molar-refractivity contribution in [1.29, 1.82) is 0 Å². The number of nitrogens with zero attached hydrogens (tertiary/aromatic N) is 4. The Kier molecular flexibility index (Phi) is 6.24. The average molecular weight is 381 g/mol. The maximum atomic E-state index is 4.92. The van der Waals surface area contributed by atoms with Gasteiger partial charge in [0.2, 0.25) is 0 Å². The number of nitrogens with one attached hydrogen (secondary N) is 2. The summed E-state index contributed by atoms with van der Waals surface area (Å²) in [6, 6.07) is 11.3. The van der Waals surface area contributed by atoms with Gasteiger partial charge in [-0.05, 0) is 56.4 Å². The summed E-state index contributed by atoms with van der Waals surface area (Å²) < 4.78 is 2.01. The highest BCUT2D eigenvalue weighted by molar-refractivity contribution is 5.80. The molecule has 6 heteroatoms. The molecular formula is C22H32N6. The molecule has 1 aliphatic heterocycles. The third-order valence-corrected chi connectivity index (χ3v) is 6.12. The fraction of sp³-hybridized carbons (Fsp3) is 0.591. The van der Waals surface area contributed by atoms with Crippen LogP contribution < -0.4 is 10.6 Å². The fourth-order valence-corrected chi connectivity index (χ4v) is 4.49. The summed E-state index contributed by atoms with van der Waals surface area (Å²) in [5.74, 6) is 3.46. The molecule has 2 aliphatic rings. The lowest BCUT2D eigenvalue weighted by atomic mass is 9.79. The fourth-order valence-electron chi connectivity index (χ4n) is 4.49. The van der Waals surface area contributed by atoms with Gasteiger partial charge < -0.3 is 10.6 Å². The Morgan fingerprint density at radius 2 is 1.96 bits per heavy atom. The van der Waals surface area contributed by atoms with E-state index in [0.29, 0.717) is 12.0 Å². The zero-order chi connectivity index (χ0) is 19.2. The van der Waals surface area contributed by atoms with Crippen LogP contribution in [0.3, 0.4) is 0 Å². The zero-order valence-electron chi connectivity index (χ0n) is 16.8. The molecule has 1 aromatic heterocycles. The largest absolute Gasteiger partial charge is 0.357 e. The molecular weight excluding hydrogens is 348 g/mol. The Morgan fingerprint density at radius 3 is 2.75 bits per heavy atom. The number of aromatic nitrogens is 3. The molecule has 2 heterocycles. The van der Waals surface area contributed by atoms with Crippen molar-refractivity contribution in [2.75, 3.05) is 13.1 Å². The molecule has 1 atom stereocenters. The minimum absolute atomic E-state index is 0.362. The Labute approximate surface area is 167 Å². The second kappa shape index (κ2) is 9.22. The summed E-state index contributed by atoms with van der Waals surface area (Å²) in [7, 11) is 0. The van der Waals surface area contributed by atoms with Crippen LogP contribution in [-0.2, 0) is 13.0 Å². The van der Waals surface area contributed by atoms with Crippen molar-refractivity contribution in [3.05, 3.63) is 48.0 Å². The topological polar surface area (TPSA) is 67.1 Å². The van der Waals surface area contributed by atoms with E-state index in [1.54, 1.807) is 6.33 Å². The minimum Gasteiger partial charge on any atom is -0.357 e. The molecule has 28 heavy (non-hydrogen) atoms. The first-order chi connectivity index (χ1) is 13.8. The summed E-state index contributed by atoms with van der Waals surface area (Å²) >= 11 is 0. The van der Waals surface area contributed by atoms with E-state index in [1.807, 2.05) is 4.68 Å². The normalized spacial score (nSPS) is 25.2. The summed E-state index contributed by atoms with van der Waals surface area (Å²) in [5.41, 5.74) is 1.50. The SMILES string of the molecule is CCNC(=NCC1CCC(c2ccccc2)CC1)NC1CCc2ncnn2C1. The van der Waals surface area contributed by atoms with Crippen LogP contribution in [0.4, 0.5) is 0 Å². The first-order valence-corrected chi connectivity index (χ1v) is 10.8. The van der Waals surface area contributed by atoms with Crippen molar-refractivity contribution in [2.45, 2.75) is 64.0 Å². The van der Waals surface area contributed by atoms with Crippen LogP contribution >= 0.6 is 0 Å². The van der Waals surface area contributed by atoms with Crippen LogP contribution in [-0.4, -0.2) is 39.9 Å². The lowest BCUT2D eigenvalue weighted by molar-refractivity contribution is 0.332. The van der Waals surface area contributed by atoms with E-state index in [4.69, 9.17) is 4.99 Å². The highest BCUT2D eigenvalue weighted by Crippen LogP contribution is 2.35. The molecule has 0 radical (unpaired) electrons. The lowest BCUT2D eigenvalue weighted by Gasteiger charge is -2.29. The van der Waals surface area contributed by atoms with Crippen molar-refractivity contribution in [1.82, 2.24) is 25.4 Å². The van der Waals surface area contributed by atoms with Gasteiger partial charge in [-0.25, -0.2) is 9.67 Å². The van der Waals surface area contributed by atoms with E-state index >= 15 is 0 Å². The van der Waals surface area contributed by atoms with Crippen LogP contribution in [0.25, 0.3) is 0 Å². The maximum absolute atomic E-state index is 4.92. The number of benzene rings is 1. The molecule has 2 N–H and O–H groups in total. The number of guanidine groups is 1. The Morgan fingerprint density at radius 1 is 1.14 bits per heavy atom. The summed E-state index contributed by atoms with van der Waals surface area (Å²) in [4.78, 5) is 9.23. The molecule has 150 valence electrons. The molecule has 2 aromatic rings. The number of aryl methyl sites for hydroxylation is 1. The molecule has 1 aromatic carbocycles. The second-order valence-electron chi connectivity index (χ2n) is 8.09. The van der Waals surface area contributed by atoms with Gasteiger partial charge in [0, 0.05) is 25.6 Å². The Hall–Kier alpha value is -2.37. The van der Waals surface area contributed by atoms with Gasteiger partial charge in [-0.2, -0.15) is 5.10 Å². The first-order valence-electron chi connectivity index (χ1n) is 10.8. The molecule has 4 rings (SSSR count). The minimum atomic E-state index is 0.362. The van der Waals surface area contributed by atoms with E-state index in [9.17, 15) is 0 Å². The summed E-state index contributed by atoms with van der Waals surface area (Å²) in [6.07, 6.45) is 8.81. The van der Waals surface area contributed by atoms with E-state index in [1.165, 1.54) is 31.2 Å². The monoisotopic (exact) mass is 380 g/mol. The Bertz CT molecular complexity index is 760. The van der Waals surface area contributed by atoms with Crippen molar-refractivity contribution in [3.8, 4) is 0 Å². The number of fused-ring (bicyclic) bond motifs is 1. The predicted octanol–water partition coefficient (Wildman–Crippen LogP) is 3.12. The van der Waals surface area contributed by atoms with Gasteiger partial charge in [0.25, 0.3) is 0 Å². The highest BCUT2D eigenvalue weighted by Gasteiger charge is 2.23. The molecule has 1 aliphatic carbocycles. The van der Waals surface area contributed by atoms with Crippen molar-refractivity contribution in [2.24, 2.45) is 10.9 Å². The van der Waals surface area contributed by atoms with Gasteiger partial charge in [0.15, 0.2) is 5.96 Å². The van der Waals surface area contributed by atoms with E-state index < -0.39 is 0 Å². The van der Waals surface area contributed by atoms with E-state index in [0.717, 1.165) is 50.2 Å². The quantitative estimate of drug-likeness (QED) is 0.618. The molecule has 1 unspecified atom stereocenters. The molecule has 1 saturated carbocycles. The van der Waals surface area contributed by atoms with E-state index in [-0.39, 0.29) is 0 Å². The van der Waals surface area contributed by atoms with E-state index in [2.05, 4.69) is 58.0 Å². The van der Waals surface area contributed by atoms with Crippen LogP contribution in [0.15, 0.2) is 41.7 Å². The third kappa shape index (κ3) is 4.72. The van der Waals surface area contributed by atoms with Crippen LogP contribution in [0.2, 0.25) is 0 Å². The second-order valence-corrected chi connectivity index (χ2v) is 8.09. The third-order valence-electron chi connectivity index (χ3n) is 6.12. The lowest BCUT2D eigenvalue weighted by Crippen LogP contribution is -2.47. The smallest absolute Gasteiger partial charge is 0.191 e. The van der Waals surface area contributed by atoms with Crippen molar-refractivity contribution >= 4 is 5.96 Å². The predicted molar refractivity (Wildman–Crippen MR) is 112 cm³/mol. The maximum Gasteiger partial charge on any atom is 0.191 e. The van der Waals surface area contributed by atoms with Gasteiger partial charge in [0.05, 0.1) is 6.54 Å². The summed E-state index contributed by atoms with van der Waals surface area (Å²) in [6.45, 7) is 4.78. The molecule has 0 saturated heterocycles. The molecule has 0 spiro atoms. The molecule has 1 fully saturated rings. The van der Waals surface area contributed by atoms with Gasteiger partial charge >= 0.3 is 0 Å². The standard InChI is InChI=1S/C22H32N6/c1-2-23-22(27-20-12-13-21-25-16-26-28(21)15-20)24-14-17-8-10-19(11-9-17)18-6-4-3-5-7-18/h3-7,16-17,19-20H,2,8-15H2,1H3,(H2,23,24,27). The number of hydrogen-bond acceptors (Lipinski definition) is 3. The number of aliphatic imine (C=N–C) groups is 1.